The Morgan fingerprint density at radius 3 is 2.52 bits per heavy atom. The monoisotopic (exact) mass is 348 g/mol. The number of hydrogen-bond acceptors (Lipinski definition) is 7. The number of nitrogens with one attached hydrogen (secondary N) is 1. The van der Waals surface area contributed by atoms with Crippen molar-refractivity contribution < 1.29 is 9.59 Å². The first kappa shape index (κ1) is 18.2. The van der Waals surface area contributed by atoms with Gasteiger partial charge < -0.3 is 10.2 Å². The van der Waals surface area contributed by atoms with E-state index in [1.54, 1.807) is 25.9 Å². The number of nitrogens with zero attached hydrogens (tertiary/aromatic N) is 3. The van der Waals surface area contributed by atoms with Crippen LogP contribution in [0.25, 0.3) is 0 Å². The first-order valence-electron chi connectivity index (χ1n) is 6.59. The number of thioether (sulfide) groups is 2. The largest absolute Gasteiger partial charge is 0.347 e. The summed E-state index contributed by atoms with van der Waals surface area (Å²) in [6, 6.07) is 0. The Balaban J connectivity index is 2.25. The van der Waals surface area contributed by atoms with E-state index in [2.05, 4.69) is 22.4 Å². The molecule has 0 spiro atoms. The first-order valence-corrected chi connectivity index (χ1v) is 9.37. The molecule has 2 amide bonds. The molecule has 0 radical (unpaired) electrons. The summed E-state index contributed by atoms with van der Waals surface area (Å²) in [6.07, 6.45) is 2.33. The minimum atomic E-state index is -0.175. The van der Waals surface area contributed by atoms with Gasteiger partial charge in [0.25, 0.3) is 0 Å². The van der Waals surface area contributed by atoms with Gasteiger partial charge in [0.05, 0.1) is 12.3 Å². The molecular formula is C12H20N4O2S3. The van der Waals surface area contributed by atoms with E-state index in [9.17, 15) is 9.59 Å². The fourth-order valence-electron chi connectivity index (χ4n) is 1.13. The molecule has 21 heavy (non-hydrogen) atoms. The molecule has 0 aliphatic carbocycles. The van der Waals surface area contributed by atoms with E-state index in [0.29, 0.717) is 0 Å². The normalized spacial score (nSPS) is 10.4. The van der Waals surface area contributed by atoms with Crippen LogP contribution in [0.15, 0.2) is 8.68 Å². The zero-order valence-electron chi connectivity index (χ0n) is 12.4. The van der Waals surface area contributed by atoms with Crippen LogP contribution < -0.4 is 5.32 Å². The molecule has 1 heterocycles. The molecule has 0 bridgehead atoms. The van der Waals surface area contributed by atoms with E-state index in [1.807, 2.05) is 0 Å². The molecule has 1 aromatic heterocycles. The SMILES string of the molecule is CCCCSc1nnc(SCC(=O)NCC(=O)N(C)C)s1. The van der Waals surface area contributed by atoms with Crippen LogP contribution in [0.1, 0.15) is 19.8 Å². The highest BCUT2D eigenvalue weighted by Gasteiger charge is 2.10. The molecule has 9 heteroatoms. The number of unbranched alkanes of at least 4 members (excludes halogenated alkanes) is 1. The molecule has 6 nitrogen and oxygen atoms in total. The lowest BCUT2D eigenvalue weighted by atomic mass is 10.4. The summed E-state index contributed by atoms with van der Waals surface area (Å²) in [5.74, 6) is 0.988. The van der Waals surface area contributed by atoms with Gasteiger partial charge in [0.15, 0.2) is 8.68 Å². The Morgan fingerprint density at radius 2 is 1.90 bits per heavy atom. The molecule has 0 aliphatic rings. The lowest BCUT2D eigenvalue weighted by molar-refractivity contribution is -0.130. The van der Waals surface area contributed by atoms with Gasteiger partial charge in [-0.2, -0.15) is 0 Å². The molecule has 1 N–H and O–H groups in total. The summed E-state index contributed by atoms with van der Waals surface area (Å²) in [7, 11) is 3.31. The van der Waals surface area contributed by atoms with Gasteiger partial charge >= 0.3 is 0 Å². The van der Waals surface area contributed by atoms with Gasteiger partial charge in [-0.3, -0.25) is 9.59 Å². The number of rotatable bonds is 9. The van der Waals surface area contributed by atoms with Crippen LogP contribution in [0.2, 0.25) is 0 Å². The highest BCUT2D eigenvalue weighted by molar-refractivity contribution is 8.03. The molecular weight excluding hydrogens is 328 g/mol. The van der Waals surface area contributed by atoms with Gasteiger partial charge in [0.2, 0.25) is 11.8 Å². The highest BCUT2D eigenvalue weighted by Crippen LogP contribution is 2.29. The fraction of sp³-hybridized carbons (Fsp3) is 0.667. The minimum Gasteiger partial charge on any atom is -0.347 e. The second-order valence-electron chi connectivity index (χ2n) is 4.39. The van der Waals surface area contributed by atoms with Crippen molar-refractivity contribution in [2.75, 3.05) is 32.1 Å². The standard InChI is InChI=1S/C12H20N4O2S3/c1-4-5-6-19-11-14-15-12(21-11)20-8-9(17)13-7-10(18)16(2)3/h4-8H2,1-3H3,(H,13,17). The van der Waals surface area contributed by atoms with Crippen molar-refractivity contribution >= 4 is 46.7 Å². The van der Waals surface area contributed by atoms with Crippen molar-refractivity contribution in [1.29, 1.82) is 0 Å². The predicted octanol–water partition coefficient (Wildman–Crippen LogP) is 1.73. The topological polar surface area (TPSA) is 75.2 Å². The Labute approximate surface area is 137 Å². The third kappa shape index (κ3) is 7.68. The van der Waals surface area contributed by atoms with Gasteiger partial charge in [0, 0.05) is 19.8 Å². The summed E-state index contributed by atoms with van der Waals surface area (Å²) in [4.78, 5) is 24.4. The van der Waals surface area contributed by atoms with Gasteiger partial charge in [-0.25, -0.2) is 0 Å². The third-order valence-corrected chi connectivity index (χ3v) is 5.65. The van der Waals surface area contributed by atoms with Crippen LogP contribution in [0.5, 0.6) is 0 Å². The van der Waals surface area contributed by atoms with Crippen molar-refractivity contribution in [2.45, 2.75) is 28.4 Å². The summed E-state index contributed by atoms with van der Waals surface area (Å²) >= 11 is 4.54. The van der Waals surface area contributed by atoms with Gasteiger partial charge in [-0.15, -0.1) is 10.2 Å². The maximum absolute atomic E-state index is 11.6. The van der Waals surface area contributed by atoms with Gasteiger partial charge in [0.1, 0.15) is 0 Å². The average Bonchev–Trinajstić information content (AvgIpc) is 2.90. The number of carbonyl (C=O) groups is 2. The third-order valence-electron chi connectivity index (χ3n) is 2.37. The lowest BCUT2D eigenvalue weighted by Crippen LogP contribution is -2.36. The fourth-order valence-corrected chi connectivity index (χ4v) is 4.13. The predicted molar refractivity (Wildman–Crippen MR) is 88.0 cm³/mol. The van der Waals surface area contributed by atoms with E-state index < -0.39 is 0 Å². The van der Waals surface area contributed by atoms with Gasteiger partial charge in [-0.05, 0) is 6.42 Å². The maximum Gasteiger partial charge on any atom is 0.241 e. The van der Waals surface area contributed by atoms with Crippen molar-refractivity contribution in [1.82, 2.24) is 20.4 Å². The zero-order valence-corrected chi connectivity index (χ0v) is 14.9. The molecule has 0 aromatic carbocycles. The molecule has 0 aliphatic heterocycles. The summed E-state index contributed by atoms with van der Waals surface area (Å²) in [6.45, 7) is 2.18. The van der Waals surface area contributed by atoms with Crippen LogP contribution in [-0.4, -0.2) is 59.1 Å². The molecule has 0 atom stereocenters. The second-order valence-corrected chi connectivity index (χ2v) is 7.93. The summed E-state index contributed by atoms with van der Waals surface area (Å²) in [5, 5.41) is 10.7. The van der Waals surface area contributed by atoms with Gasteiger partial charge in [-0.1, -0.05) is 48.2 Å². The van der Waals surface area contributed by atoms with Crippen molar-refractivity contribution in [2.24, 2.45) is 0 Å². The number of carbonyl (C=O) groups excluding carboxylic acids is 2. The molecule has 0 fully saturated rings. The molecule has 1 rings (SSSR count). The van der Waals surface area contributed by atoms with Crippen LogP contribution >= 0.6 is 34.9 Å². The molecule has 0 unspecified atom stereocenters. The lowest BCUT2D eigenvalue weighted by Gasteiger charge is -2.10. The molecule has 0 saturated carbocycles. The Bertz CT molecular complexity index is 465. The summed E-state index contributed by atoms with van der Waals surface area (Å²) < 4.78 is 1.72. The Hall–Kier alpha value is -0.800. The average molecular weight is 349 g/mol. The van der Waals surface area contributed by atoms with E-state index >= 15 is 0 Å². The maximum atomic E-state index is 11.6. The smallest absolute Gasteiger partial charge is 0.241 e. The number of aromatic nitrogens is 2. The first-order chi connectivity index (χ1) is 10.0. The summed E-state index contributed by atoms with van der Waals surface area (Å²) in [5.41, 5.74) is 0. The molecule has 118 valence electrons. The van der Waals surface area contributed by atoms with Crippen molar-refractivity contribution in [3.8, 4) is 0 Å². The van der Waals surface area contributed by atoms with Crippen molar-refractivity contribution in [3.63, 3.8) is 0 Å². The van der Waals surface area contributed by atoms with E-state index in [4.69, 9.17) is 0 Å². The highest BCUT2D eigenvalue weighted by atomic mass is 32.2. The van der Waals surface area contributed by atoms with E-state index in [1.165, 1.54) is 34.4 Å². The van der Waals surface area contributed by atoms with Crippen LogP contribution in [0.4, 0.5) is 0 Å². The molecule has 0 saturated heterocycles. The Morgan fingerprint density at radius 1 is 1.24 bits per heavy atom. The minimum absolute atomic E-state index is 0.0284. The quantitative estimate of drug-likeness (QED) is 0.541. The van der Waals surface area contributed by atoms with E-state index in [-0.39, 0.29) is 24.1 Å². The zero-order chi connectivity index (χ0) is 15.7. The number of hydrogen-bond donors (Lipinski definition) is 1. The molecule has 1 aromatic rings. The van der Waals surface area contributed by atoms with Crippen LogP contribution in [0.3, 0.4) is 0 Å². The van der Waals surface area contributed by atoms with E-state index in [0.717, 1.165) is 20.9 Å². The Kier molecular flexibility index (Phi) is 8.70. The van der Waals surface area contributed by atoms with Crippen molar-refractivity contribution in [3.05, 3.63) is 0 Å². The number of likely N-dealkylation sites (N-methyl/N-ethyl adjacent to an activating group) is 1. The number of amides is 2. The van der Waals surface area contributed by atoms with Crippen LogP contribution in [0, 0.1) is 0 Å². The van der Waals surface area contributed by atoms with Crippen LogP contribution in [-0.2, 0) is 9.59 Å². The second kappa shape index (κ2) is 10.0.